The number of ether oxygens (including phenoxy) is 2. The first-order chi connectivity index (χ1) is 16.1. The molecule has 0 aromatic heterocycles. The van der Waals surface area contributed by atoms with Crippen molar-refractivity contribution >= 4 is 11.8 Å². The summed E-state index contributed by atoms with van der Waals surface area (Å²) in [6, 6.07) is 21.7. The van der Waals surface area contributed by atoms with Gasteiger partial charge in [0.05, 0.1) is 6.10 Å². The fraction of sp³-hybridized carbons (Fsp3) is 0.310. The lowest BCUT2D eigenvalue weighted by atomic mass is 9.92. The maximum absolute atomic E-state index is 12.9. The van der Waals surface area contributed by atoms with Crippen molar-refractivity contribution < 1.29 is 24.2 Å². The van der Waals surface area contributed by atoms with Crippen molar-refractivity contribution in [2.45, 2.75) is 58.7 Å². The number of aromatic hydroxyl groups is 1. The van der Waals surface area contributed by atoms with Crippen molar-refractivity contribution in [3.05, 3.63) is 95.1 Å². The summed E-state index contributed by atoms with van der Waals surface area (Å²) in [6.45, 7) is 8.98. The predicted octanol–water partition coefficient (Wildman–Crippen LogP) is 6.08. The number of esters is 1. The van der Waals surface area contributed by atoms with Crippen LogP contribution in [0.1, 0.15) is 67.6 Å². The molecule has 0 radical (unpaired) electrons. The summed E-state index contributed by atoms with van der Waals surface area (Å²) in [6.07, 6.45) is 0.484. The van der Waals surface area contributed by atoms with Gasteiger partial charge in [0.2, 0.25) is 0 Å². The van der Waals surface area contributed by atoms with Crippen LogP contribution in [-0.2, 0) is 16.0 Å². The molecule has 0 amide bonds. The van der Waals surface area contributed by atoms with Gasteiger partial charge in [-0.15, -0.1) is 0 Å². The average molecular weight is 461 g/mol. The molecule has 3 aromatic rings. The van der Waals surface area contributed by atoms with Crippen molar-refractivity contribution in [1.29, 1.82) is 0 Å². The number of carbonyl (C=O) groups excluding carboxylic acids is 2. The number of hydrogen-bond acceptors (Lipinski definition) is 5. The summed E-state index contributed by atoms with van der Waals surface area (Å²) in [5, 5.41) is 10.0. The summed E-state index contributed by atoms with van der Waals surface area (Å²) < 4.78 is 11.0. The quantitative estimate of drug-likeness (QED) is 0.310. The SMILES string of the molecule is CC(C)OC(=O)C(C)(C)Oc1ccc(C(=O)c2ccc(C(C)Cc3ccccc3O)cc2)cc1. The molecule has 0 saturated heterocycles. The van der Waals surface area contributed by atoms with Crippen LogP contribution in [0.5, 0.6) is 11.5 Å². The summed E-state index contributed by atoms with van der Waals surface area (Å²) in [4.78, 5) is 25.2. The fourth-order valence-electron chi connectivity index (χ4n) is 3.63. The van der Waals surface area contributed by atoms with Gasteiger partial charge in [-0.3, -0.25) is 4.79 Å². The van der Waals surface area contributed by atoms with Gasteiger partial charge in [-0.2, -0.15) is 0 Å². The van der Waals surface area contributed by atoms with Crippen LogP contribution in [0.4, 0.5) is 0 Å². The van der Waals surface area contributed by atoms with Crippen molar-refractivity contribution in [3.8, 4) is 11.5 Å². The van der Waals surface area contributed by atoms with Crippen LogP contribution in [0.25, 0.3) is 0 Å². The molecular weight excluding hydrogens is 428 g/mol. The molecule has 0 spiro atoms. The van der Waals surface area contributed by atoms with Gasteiger partial charge in [0, 0.05) is 11.1 Å². The lowest BCUT2D eigenvalue weighted by Crippen LogP contribution is -2.40. The van der Waals surface area contributed by atoms with E-state index in [9.17, 15) is 14.7 Å². The van der Waals surface area contributed by atoms with Crippen LogP contribution in [0, 0.1) is 0 Å². The van der Waals surface area contributed by atoms with E-state index in [0.29, 0.717) is 29.0 Å². The maximum atomic E-state index is 12.9. The molecule has 0 bridgehead atoms. The number of ketones is 1. The molecule has 1 N–H and O–H groups in total. The zero-order valence-electron chi connectivity index (χ0n) is 20.4. The summed E-state index contributed by atoms with van der Waals surface area (Å²) in [5.41, 5.74) is 1.98. The fourth-order valence-corrected chi connectivity index (χ4v) is 3.63. The Kier molecular flexibility index (Phi) is 7.77. The van der Waals surface area contributed by atoms with Crippen LogP contribution >= 0.6 is 0 Å². The van der Waals surface area contributed by atoms with E-state index in [1.165, 1.54) is 0 Å². The Morgan fingerprint density at radius 1 is 0.853 bits per heavy atom. The molecule has 1 unspecified atom stereocenters. The molecular formula is C29H32O5. The average Bonchev–Trinajstić information content (AvgIpc) is 2.80. The second-order valence-corrected chi connectivity index (χ2v) is 9.28. The van der Waals surface area contributed by atoms with E-state index < -0.39 is 11.6 Å². The van der Waals surface area contributed by atoms with E-state index in [2.05, 4.69) is 6.92 Å². The number of phenolic OH excluding ortho intramolecular Hbond substituents is 1. The molecule has 34 heavy (non-hydrogen) atoms. The Morgan fingerprint density at radius 2 is 1.41 bits per heavy atom. The largest absolute Gasteiger partial charge is 0.508 e. The molecule has 0 aliphatic carbocycles. The van der Waals surface area contributed by atoms with E-state index in [-0.39, 0.29) is 17.8 Å². The molecule has 0 fully saturated rings. The maximum Gasteiger partial charge on any atom is 0.350 e. The number of phenols is 1. The lowest BCUT2D eigenvalue weighted by Gasteiger charge is -2.25. The van der Waals surface area contributed by atoms with Crippen molar-refractivity contribution in [2.75, 3.05) is 0 Å². The number of rotatable bonds is 9. The minimum atomic E-state index is -1.14. The zero-order valence-corrected chi connectivity index (χ0v) is 20.4. The van der Waals surface area contributed by atoms with Gasteiger partial charge in [0.25, 0.3) is 0 Å². The standard InChI is InChI=1S/C29H32O5/c1-19(2)33-28(32)29(4,5)34-25-16-14-23(15-17-25)27(31)22-12-10-21(11-13-22)20(3)18-24-8-6-7-9-26(24)30/h6-17,19-20,30H,18H2,1-5H3. The van der Waals surface area contributed by atoms with Gasteiger partial charge in [-0.05, 0) is 81.5 Å². The number of para-hydroxylation sites is 1. The monoisotopic (exact) mass is 460 g/mol. The third-order valence-electron chi connectivity index (χ3n) is 5.58. The van der Waals surface area contributed by atoms with E-state index in [1.807, 2.05) is 42.5 Å². The van der Waals surface area contributed by atoms with E-state index in [4.69, 9.17) is 9.47 Å². The van der Waals surface area contributed by atoms with Gasteiger partial charge >= 0.3 is 5.97 Å². The van der Waals surface area contributed by atoms with Crippen LogP contribution < -0.4 is 4.74 Å². The molecule has 5 heteroatoms. The number of carbonyl (C=O) groups is 2. The summed E-state index contributed by atoms with van der Waals surface area (Å²) in [5.74, 6) is 0.438. The molecule has 0 aliphatic rings. The normalized spacial score (nSPS) is 12.3. The van der Waals surface area contributed by atoms with Crippen molar-refractivity contribution in [1.82, 2.24) is 0 Å². The first-order valence-corrected chi connectivity index (χ1v) is 11.5. The molecule has 3 aromatic carbocycles. The van der Waals surface area contributed by atoms with E-state index in [1.54, 1.807) is 58.0 Å². The second kappa shape index (κ2) is 10.6. The third-order valence-corrected chi connectivity index (χ3v) is 5.58. The summed E-state index contributed by atoms with van der Waals surface area (Å²) in [7, 11) is 0. The Balaban J connectivity index is 1.65. The predicted molar refractivity (Wildman–Crippen MR) is 132 cm³/mol. The molecule has 0 saturated carbocycles. The van der Waals surface area contributed by atoms with Gasteiger partial charge < -0.3 is 14.6 Å². The first kappa shape index (κ1) is 25.0. The Morgan fingerprint density at radius 3 is 1.97 bits per heavy atom. The van der Waals surface area contributed by atoms with Crippen molar-refractivity contribution in [2.24, 2.45) is 0 Å². The summed E-state index contributed by atoms with van der Waals surface area (Å²) >= 11 is 0. The highest BCUT2D eigenvalue weighted by molar-refractivity contribution is 6.09. The molecule has 0 aliphatic heterocycles. The number of hydrogen-bond donors (Lipinski definition) is 1. The highest BCUT2D eigenvalue weighted by Gasteiger charge is 2.32. The molecule has 0 heterocycles. The van der Waals surface area contributed by atoms with E-state index in [0.717, 1.165) is 11.1 Å². The molecule has 178 valence electrons. The van der Waals surface area contributed by atoms with Crippen LogP contribution in [0.15, 0.2) is 72.8 Å². The topological polar surface area (TPSA) is 72.8 Å². The van der Waals surface area contributed by atoms with Crippen LogP contribution in [0.3, 0.4) is 0 Å². The first-order valence-electron chi connectivity index (χ1n) is 11.5. The molecule has 1 atom stereocenters. The minimum Gasteiger partial charge on any atom is -0.508 e. The Labute approximate surface area is 201 Å². The Bertz CT molecular complexity index is 1130. The van der Waals surface area contributed by atoms with Gasteiger partial charge in [-0.25, -0.2) is 4.79 Å². The second-order valence-electron chi connectivity index (χ2n) is 9.28. The Hall–Kier alpha value is -3.60. The number of benzene rings is 3. The van der Waals surface area contributed by atoms with Gasteiger partial charge in [0.15, 0.2) is 11.4 Å². The highest BCUT2D eigenvalue weighted by Crippen LogP contribution is 2.26. The van der Waals surface area contributed by atoms with Gasteiger partial charge in [0.1, 0.15) is 11.5 Å². The van der Waals surface area contributed by atoms with Crippen molar-refractivity contribution in [3.63, 3.8) is 0 Å². The van der Waals surface area contributed by atoms with Gasteiger partial charge in [-0.1, -0.05) is 49.4 Å². The highest BCUT2D eigenvalue weighted by atomic mass is 16.6. The molecule has 3 rings (SSSR count). The lowest BCUT2D eigenvalue weighted by molar-refractivity contribution is -0.163. The molecule has 5 nitrogen and oxygen atoms in total. The minimum absolute atomic E-state index is 0.0927. The zero-order chi connectivity index (χ0) is 24.9. The van der Waals surface area contributed by atoms with E-state index >= 15 is 0 Å². The third kappa shape index (κ3) is 6.25. The van der Waals surface area contributed by atoms with Crippen LogP contribution in [-0.4, -0.2) is 28.6 Å². The van der Waals surface area contributed by atoms with Crippen LogP contribution in [0.2, 0.25) is 0 Å². The smallest absolute Gasteiger partial charge is 0.350 e.